The molecule has 0 radical (unpaired) electrons. The van der Waals surface area contributed by atoms with Gasteiger partial charge in [-0.15, -0.1) is 0 Å². The van der Waals surface area contributed by atoms with Crippen LogP contribution in [0.15, 0.2) is 71.4 Å². The molecule has 5 nitrogen and oxygen atoms in total. The van der Waals surface area contributed by atoms with Crippen LogP contribution in [0.3, 0.4) is 0 Å². The highest BCUT2D eigenvalue weighted by Gasteiger charge is 2.39. The predicted molar refractivity (Wildman–Crippen MR) is 140 cm³/mol. The Labute approximate surface area is 215 Å². The Balaban J connectivity index is 1.84. The van der Waals surface area contributed by atoms with Gasteiger partial charge in [-0.3, -0.25) is 4.79 Å². The summed E-state index contributed by atoms with van der Waals surface area (Å²) in [7, 11) is 1.32. The van der Waals surface area contributed by atoms with Gasteiger partial charge in [0, 0.05) is 17.1 Å². The van der Waals surface area contributed by atoms with Crippen molar-refractivity contribution in [1.29, 1.82) is 0 Å². The Bertz CT molecular complexity index is 1390. The van der Waals surface area contributed by atoms with Crippen LogP contribution < -0.4 is 0 Å². The summed E-state index contributed by atoms with van der Waals surface area (Å²) < 4.78 is 7.04. The van der Waals surface area contributed by atoms with Crippen molar-refractivity contribution < 1.29 is 14.3 Å². The molecule has 0 fully saturated rings. The number of aryl methyl sites for hydroxylation is 1. The van der Waals surface area contributed by atoms with Crippen LogP contribution in [0.1, 0.15) is 42.4 Å². The first-order chi connectivity index (χ1) is 16.7. The molecule has 1 aliphatic rings. The first-order valence-corrected chi connectivity index (χ1v) is 12.0. The van der Waals surface area contributed by atoms with Crippen molar-refractivity contribution in [3.63, 3.8) is 0 Å². The van der Waals surface area contributed by atoms with Crippen LogP contribution in [0.25, 0.3) is 11.8 Å². The van der Waals surface area contributed by atoms with Crippen LogP contribution in [-0.4, -0.2) is 28.5 Å². The number of nitrogens with zero attached hydrogens (tertiary/aromatic N) is 2. The number of benzene rings is 2. The average molecular weight is 509 g/mol. The molecule has 180 valence electrons. The third kappa shape index (κ3) is 4.30. The van der Waals surface area contributed by atoms with Gasteiger partial charge in [-0.1, -0.05) is 59.6 Å². The summed E-state index contributed by atoms with van der Waals surface area (Å²) >= 11 is 12.7. The second-order valence-electron chi connectivity index (χ2n) is 8.51. The van der Waals surface area contributed by atoms with Gasteiger partial charge in [0.05, 0.1) is 40.0 Å². The molecule has 0 N–H and O–H groups in total. The zero-order chi connectivity index (χ0) is 25.4. The number of esters is 1. The maximum absolute atomic E-state index is 13.7. The van der Waals surface area contributed by atoms with Crippen molar-refractivity contribution in [2.45, 2.75) is 33.7 Å². The number of amides is 1. The van der Waals surface area contributed by atoms with Crippen LogP contribution in [0.2, 0.25) is 10.0 Å². The van der Waals surface area contributed by atoms with E-state index >= 15 is 0 Å². The molecule has 7 heteroatoms. The van der Waals surface area contributed by atoms with Gasteiger partial charge < -0.3 is 14.2 Å². The number of carbonyl (C=O) groups excluding carboxylic acids is 2. The second-order valence-corrected chi connectivity index (χ2v) is 9.29. The maximum Gasteiger partial charge on any atom is 0.340 e. The minimum atomic E-state index is -0.545. The molecule has 1 amide bonds. The van der Waals surface area contributed by atoms with E-state index in [1.54, 1.807) is 24.0 Å². The van der Waals surface area contributed by atoms with Gasteiger partial charge in [0.15, 0.2) is 0 Å². The highest BCUT2D eigenvalue weighted by Crippen LogP contribution is 2.39. The third-order valence-corrected chi connectivity index (χ3v) is 7.25. The standard InChI is InChI=1S/C28H26Cl2N2O3/c1-16-14-21(18(3)31(16)24-13-9-12-23(29)26(24)30)15-22-25(28(34)35-5)19(4)32(27(22)33)17(2)20-10-7-6-8-11-20/h6-15,17H,1-5H3/b22-15-/t17-/m0/s1. The van der Waals surface area contributed by atoms with Crippen molar-refractivity contribution in [1.82, 2.24) is 9.47 Å². The summed E-state index contributed by atoms with van der Waals surface area (Å²) in [4.78, 5) is 28.2. The quantitative estimate of drug-likeness (QED) is 0.280. The highest BCUT2D eigenvalue weighted by atomic mass is 35.5. The van der Waals surface area contributed by atoms with E-state index in [2.05, 4.69) is 0 Å². The Morgan fingerprint density at radius 1 is 1.03 bits per heavy atom. The fourth-order valence-electron chi connectivity index (χ4n) is 4.67. The number of aromatic nitrogens is 1. The van der Waals surface area contributed by atoms with Crippen LogP contribution in [0.5, 0.6) is 0 Å². The molecule has 4 rings (SSSR count). The van der Waals surface area contributed by atoms with E-state index in [9.17, 15) is 9.59 Å². The molecular weight excluding hydrogens is 483 g/mol. The molecule has 0 saturated carbocycles. The molecule has 0 aliphatic carbocycles. The normalized spacial score (nSPS) is 15.8. The molecule has 1 aromatic heterocycles. The fraction of sp³-hybridized carbons (Fsp3) is 0.214. The SMILES string of the molecule is COC(=O)C1=C(C)N([C@@H](C)c2ccccc2)C(=O)/C1=C\c1cc(C)n(-c2cccc(Cl)c2Cl)c1C. The summed E-state index contributed by atoms with van der Waals surface area (Å²) in [5.41, 5.74) is 5.43. The number of carbonyl (C=O) groups is 2. The summed E-state index contributed by atoms with van der Waals surface area (Å²) in [6.45, 7) is 7.62. The van der Waals surface area contributed by atoms with E-state index in [0.717, 1.165) is 28.2 Å². The molecule has 0 bridgehead atoms. The van der Waals surface area contributed by atoms with Gasteiger partial charge in [-0.25, -0.2) is 4.79 Å². The molecule has 0 saturated heterocycles. The highest BCUT2D eigenvalue weighted by molar-refractivity contribution is 6.43. The minimum Gasteiger partial charge on any atom is -0.465 e. The lowest BCUT2D eigenvalue weighted by Crippen LogP contribution is -2.28. The topological polar surface area (TPSA) is 51.5 Å². The van der Waals surface area contributed by atoms with Gasteiger partial charge in [0.25, 0.3) is 5.91 Å². The summed E-state index contributed by atoms with van der Waals surface area (Å²) in [6.07, 6.45) is 1.76. The first-order valence-electron chi connectivity index (χ1n) is 11.2. The van der Waals surface area contributed by atoms with Crippen molar-refractivity contribution in [2.24, 2.45) is 0 Å². The predicted octanol–water partition coefficient (Wildman–Crippen LogP) is 6.83. The zero-order valence-electron chi connectivity index (χ0n) is 20.2. The van der Waals surface area contributed by atoms with Gasteiger partial charge in [-0.2, -0.15) is 0 Å². The van der Waals surface area contributed by atoms with Crippen LogP contribution in [0, 0.1) is 13.8 Å². The van der Waals surface area contributed by atoms with Gasteiger partial charge in [0.2, 0.25) is 0 Å². The van der Waals surface area contributed by atoms with Crippen molar-refractivity contribution in [2.75, 3.05) is 7.11 Å². The van der Waals surface area contributed by atoms with Crippen molar-refractivity contribution in [3.8, 4) is 5.69 Å². The Hall–Kier alpha value is -3.28. The zero-order valence-corrected chi connectivity index (χ0v) is 21.7. The minimum absolute atomic E-state index is 0.246. The fourth-order valence-corrected chi connectivity index (χ4v) is 5.05. The lowest BCUT2D eigenvalue weighted by atomic mass is 10.0. The Morgan fingerprint density at radius 2 is 1.71 bits per heavy atom. The summed E-state index contributed by atoms with van der Waals surface area (Å²) in [5.74, 6) is -0.790. The largest absolute Gasteiger partial charge is 0.465 e. The number of hydrogen-bond donors (Lipinski definition) is 0. The molecule has 35 heavy (non-hydrogen) atoms. The van der Waals surface area contributed by atoms with Gasteiger partial charge in [-0.05, 0) is 63.1 Å². The smallest absolute Gasteiger partial charge is 0.340 e. The summed E-state index contributed by atoms with van der Waals surface area (Å²) in [6, 6.07) is 16.9. The Morgan fingerprint density at radius 3 is 2.37 bits per heavy atom. The van der Waals surface area contributed by atoms with E-state index in [1.165, 1.54) is 7.11 Å². The van der Waals surface area contributed by atoms with E-state index in [0.29, 0.717) is 21.3 Å². The number of hydrogen-bond acceptors (Lipinski definition) is 3. The van der Waals surface area contributed by atoms with Crippen LogP contribution in [0.4, 0.5) is 0 Å². The van der Waals surface area contributed by atoms with Gasteiger partial charge >= 0.3 is 5.97 Å². The van der Waals surface area contributed by atoms with E-state index < -0.39 is 5.97 Å². The van der Waals surface area contributed by atoms with E-state index in [1.807, 2.05) is 73.9 Å². The van der Waals surface area contributed by atoms with Crippen LogP contribution >= 0.6 is 23.2 Å². The maximum atomic E-state index is 13.7. The number of methoxy groups -OCH3 is 1. The molecule has 3 aromatic rings. The van der Waals surface area contributed by atoms with Gasteiger partial charge in [0.1, 0.15) is 0 Å². The van der Waals surface area contributed by atoms with E-state index in [4.69, 9.17) is 27.9 Å². The number of allylic oxidation sites excluding steroid dienone is 1. The van der Waals surface area contributed by atoms with Crippen LogP contribution in [-0.2, 0) is 14.3 Å². The second kappa shape index (κ2) is 9.76. The molecule has 1 aliphatic heterocycles. The molecule has 0 unspecified atom stereocenters. The molecule has 2 aromatic carbocycles. The molecule has 0 spiro atoms. The summed E-state index contributed by atoms with van der Waals surface area (Å²) in [5, 5.41) is 0.903. The lowest BCUT2D eigenvalue weighted by Gasteiger charge is -2.26. The first kappa shape index (κ1) is 24.8. The molecular formula is C28H26Cl2N2O3. The monoisotopic (exact) mass is 508 g/mol. The third-order valence-electron chi connectivity index (χ3n) is 6.44. The van der Waals surface area contributed by atoms with Crippen molar-refractivity contribution in [3.05, 3.63) is 104 Å². The average Bonchev–Trinajstić information content (AvgIpc) is 3.26. The number of ether oxygens (including phenoxy) is 1. The van der Waals surface area contributed by atoms with Crippen molar-refractivity contribution >= 4 is 41.2 Å². The lowest BCUT2D eigenvalue weighted by molar-refractivity contribution is -0.136. The van der Waals surface area contributed by atoms with E-state index in [-0.39, 0.29) is 17.5 Å². The molecule has 1 atom stereocenters. The number of rotatable bonds is 5. The Kier molecular flexibility index (Phi) is 6.93. The number of halogens is 2. The molecule has 2 heterocycles.